The first kappa shape index (κ1) is 22.6. The lowest BCUT2D eigenvalue weighted by molar-refractivity contribution is 0.0882. The van der Waals surface area contributed by atoms with Gasteiger partial charge in [0.2, 0.25) is 0 Å². The van der Waals surface area contributed by atoms with Crippen molar-refractivity contribution >= 4 is 19.3 Å². The zero-order valence-electron chi connectivity index (χ0n) is 18.6. The molecule has 0 aliphatic rings. The van der Waals surface area contributed by atoms with Gasteiger partial charge in [0.05, 0.1) is 16.8 Å². The largest absolute Gasteiger partial charge is 0.396 e. The smallest absolute Gasteiger partial charge is 0.164 e. The van der Waals surface area contributed by atoms with Gasteiger partial charge in [-0.3, -0.25) is 0 Å². The van der Waals surface area contributed by atoms with E-state index in [-0.39, 0.29) is 23.7 Å². The molecule has 0 aliphatic carbocycles. The van der Waals surface area contributed by atoms with Crippen molar-refractivity contribution in [2.24, 2.45) is 0 Å². The zero-order chi connectivity index (χ0) is 23.8. The van der Waals surface area contributed by atoms with Gasteiger partial charge in [-0.1, -0.05) is 25.7 Å². The molecule has 4 rings (SSSR count). The Morgan fingerprint density at radius 2 is 1.94 bits per heavy atom. The lowest BCUT2D eigenvalue weighted by Gasteiger charge is -2.15. The van der Waals surface area contributed by atoms with E-state index in [4.69, 9.17) is 10.5 Å². The van der Waals surface area contributed by atoms with Crippen LogP contribution in [0.5, 0.6) is 0 Å². The van der Waals surface area contributed by atoms with E-state index >= 15 is 0 Å². The molecule has 0 aliphatic heterocycles. The molecule has 0 unspecified atom stereocenters. The topological polar surface area (TPSA) is 94.2 Å². The Balaban J connectivity index is 1.68. The fourth-order valence-electron chi connectivity index (χ4n) is 3.45. The minimum atomic E-state index is -1.22. The normalized spacial score (nSPS) is 11.8. The third kappa shape index (κ3) is 4.65. The number of imidazole rings is 2. The number of fused-ring (bicyclic) bond motifs is 1. The Labute approximate surface area is 191 Å². The molecule has 1 aromatic carbocycles. The summed E-state index contributed by atoms with van der Waals surface area (Å²) in [6.45, 7) is 7.70. The van der Waals surface area contributed by atoms with E-state index in [9.17, 15) is 14.0 Å². The van der Waals surface area contributed by atoms with Crippen molar-refractivity contribution in [3.05, 3.63) is 60.3 Å². The number of nitrogens with two attached hydrogens (primary N) is 1. The van der Waals surface area contributed by atoms with Crippen molar-refractivity contribution in [1.29, 1.82) is 5.26 Å². The SMILES string of the molecule is C[Si](C)(C)CCOCn1cc(C#N)nc1-c1ncn2cc(-c3c(F)ccc(N)c3F)ccc12. The monoisotopic (exact) mass is 466 g/mol. The fraction of sp³-hybridized carbons (Fsp3) is 0.261. The summed E-state index contributed by atoms with van der Waals surface area (Å²) >= 11 is 0. The van der Waals surface area contributed by atoms with E-state index in [1.807, 2.05) is 0 Å². The summed E-state index contributed by atoms with van der Waals surface area (Å²) in [5.41, 5.74) is 7.07. The van der Waals surface area contributed by atoms with Crippen LogP contribution in [0.3, 0.4) is 0 Å². The number of nitrogens with zero attached hydrogens (tertiary/aromatic N) is 5. The van der Waals surface area contributed by atoms with Crippen LogP contribution in [0.25, 0.3) is 28.2 Å². The highest BCUT2D eigenvalue weighted by atomic mass is 28.3. The molecule has 3 heterocycles. The second-order valence-electron chi connectivity index (χ2n) is 9.01. The molecule has 7 nitrogen and oxygen atoms in total. The molecule has 33 heavy (non-hydrogen) atoms. The Morgan fingerprint density at radius 1 is 1.15 bits per heavy atom. The molecule has 0 fully saturated rings. The van der Waals surface area contributed by atoms with E-state index in [0.29, 0.717) is 29.2 Å². The first-order valence-corrected chi connectivity index (χ1v) is 14.1. The molecular formula is C23H24F2N6OSi. The summed E-state index contributed by atoms with van der Waals surface area (Å²) in [6, 6.07) is 8.71. The molecule has 0 radical (unpaired) electrons. The number of nitrogen functional groups attached to an aromatic ring is 1. The lowest BCUT2D eigenvalue weighted by Crippen LogP contribution is -2.22. The second-order valence-corrected chi connectivity index (χ2v) is 14.6. The third-order valence-electron chi connectivity index (χ3n) is 5.27. The van der Waals surface area contributed by atoms with Gasteiger partial charge < -0.3 is 19.4 Å². The van der Waals surface area contributed by atoms with E-state index in [1.54, 1.807) is 33.5 Å². The maximum atomic E-state index is 14.5. The van der Waals surface area contributed by atoms with E-state index in [1.165, 1.54) is 12.4 Å². The molecular weight excluding hydrogens is 442 g/mol. The predicted octanol–water partition coefficient (Wildman–Crippen LogP) is 4.91. The number of pyridine rings is 1. The van der Waals surface area contributed by atoms with Gasteiger partial charge in [-0.25, -0.2) is 18.7 Å². The summed E-state index contributed by atoms with van der Waals surface area (Å²) in [6.07, 6.45) is 4.74. The van der Waals surface area contributed by atoms with Crippen LogP contribution in [-0.2, 0) is 11.5 Å². The molecule has 170 valence electrons. The zero-order valence-corrected chi connectivity index (χ0v) is 19.6. The van der Waals surface area contributed by atoms with Crippen LogP contribution in [0.2, 0.25) is 25.7 Å². The van der Waals surface area contributed by atoms with Gasteiger partial charge in [-0.2, -0.15) is 5.26 Å². The summed E-state index contributed by atoms with van der Waals surface area (Å²) in [5, 5.41) is 9.33. The number of ether oxygens (including phenoxy) is 1. The Morgan fingerprint density at radius 3 is 2.67 bits per heavy atom. The number of aromatic nitrogens is 4. The average Bonchev–Trinajstić information content (AvgIpc) is 3.36. The highest BCUT2D eigenvalue weighted by Crippen LogP contribution is 2.31. The lowest BCUT2D eigenvalue weighted by atomic mass is 10.0. The maximum absolute atomic E-state index is 14.5. The van der Waals surface area contributed by atoms with Gasteiger partial charge in [0, 0.05) is 32.6 Å². The van der Waals surface area contributed by atoms with Crippen LogP contribution in [-0.4, -0.2) is 33.6 Å². The molecule has 3 aromatic heterocycles. The molecule has 4 aromatic rings. The minimum absolute atomic E-state index is 0.127. The number of nitriles is 1. The molecule has 0 atom stereocenters. The van der Waals surface area contributed by atoms with Gasteiger partial charge in [-0.15, -0.1) is 0 Å². The Bertz CT molecular complexity index is 1370. The number of hydrogen-bond acceptors (Lipinski definition) is 5. The highest BCUT2D eigenvalue weighted by molar-refractivity contribution is 6.76. The Hall–Kier alpha value is -3.55. The molecule has 0 saturated heterocycles. The number of anilines is 1. The van der Waals surface area contributed by atoms with Gasteiger partial charge >= 0.3 is 0 Å². The molecule has 0 spiro atoms. The number of hydrogen-bond donors (Lipinski definition) is 1. The van der Waals surface area contributed by atoms with Gasteiger partial charge in [-0.05, 0) is 24.2 Å². The standard InChI is InChI=1S/C23H24F2N6OSi/c1-33(2,3)9-8-32-14-31-12-16(10-26)29-23(31)22-19-7-4-15(11-30(19)13-28-22)20-17(24)5-6-18(27)21(20)25/h4-7,11-13H,8-9,14,27H2,1-3H3. The van der Waals surface area contributed by atoms with Crippen LogP contribution in [0.15, 0.2) is 43.0 Å². The van der Waals surface area contributed by atoms with Crippen LogP contribution in [0.1, 0.15) is 5.69 Å². The summed E-state index contributed by atoms with van der Waals surface area (Å²) in [5.74, 6) is -1.03. The van der Waals surface area contributed by atoms with Crippen molar-refractivity contribution in [2.45, 2.75) is 32.4 Å². The van der Waals surface area contributed by atoms with Crippen LogP contribution >= 0.6 is 0 Å². The number of rotatable bonds is 7. The number of halogens is 2. The second kappa shape index (κ2) is 8.76. The molecule has 0 bridgehead atoms. The first-order chi connectivity index (χ1) is 15.7. The quantitative estimate of drug-likeness (QED) is 0.237. The Kier molecular flexibility index (Phi) is 6.01. The molecule has 0 amide bonds. The van der Waals surface area contributed by atoms with Crippen molar-refractivity contribution in [2.75, 3.05) is 12.3 Å². The van der Waals surface area contributed by atoms with Crippen LogP contribution in [0, 0.1) is 23.0 Å². The highest BCUT2D eigenvalue weighted by Gasteiger charge is 2.19. The van der Waals surface area contributed by atoms with Crippen molar-refractivity contribution < 1.29 is 13.5 Å². The molecule has 10 heteroatoms. The van der Waals surface area contributed by atoms with Crippen molar-refractivity contribution in [3.8, 4) is 28.7 Å². The number of benzene rings is 1. The third-order valence-corrected chi connectivity index (χ3v) is 6.97. The van der Waals surface area contributed by atoms with Crippen molar-refractivity contribution in [3.63, 3.8) is 0 Å². The van der Waals surface area contributed by atoms with E-state index < -0.39 is 19.7 Å². The average molecular weight is 467 g/mol. The molecule has 0 saturated carbocycles. The summed E-state index contributed by atoms with van der Waals surface area (Å²) in [7, 11) is -1.22. The predicted molar refractivity (Wildman–Crippen MR) is 125 cm³/mol. The fourth-order valence-corrected chi connectivity index (χ4v) is 4.21. The minimum Gasteiger partial charge on any atom is -0.396 e. The van der Waals surface area contributed by atoms with Gasteiger partial charge in [0.25, 0.3) is 0 Å². The van der Waals surface area contributed by atoms with Gasteiger partial charge in [0.1, 0.15) is 30.6 Å². The first-order valence-electron chi connectivity index (χ1n) is 10.4. The van der Waals surface area contributed by atoms with Crippen LogP contribution < -0.4 is 5.73 Å². The summed E-state index contributed by atoms with van der Waals surface area (Å²) in [4.78, 5) is 8.84. The van der Waals surface area contributed by atoms with E-state index in [0.717, 1.165) is 12.1 Å². The maximum Gasteiger partial charge on any atom is 0.164 e. The summed E-state index contributed by atoms with van der Waals surface area (Å²) < 4.78 is 38.1. The van der Waals surface area contributed by atoms with Crippen molar-refractivity contribution in [1.82, 2.24) is 18.9 Å². The van der Waals surface area contributed by atoms with Gasteiger partial charge in [0.15, 0.2) is 17.3 Å². The van der Waals surface area contributed by atoms with E-state index in [2.05, 4.69) is 35.7 Å². The van der Waals surface area contributed by atoms with Crippen LogP contribution in [0.4, 0.5) is 14.5 Å². The molecule has 2 N–H and O–H groups in total.